The molecule has 2 atom stereocenters. The number of carbonyl (C=O) groups is 1. The molecule has 3 aromatic rings. The Morgan fingerprint density at radius 1 is 1.08 bits per heavy atom. The van der Waals surface area contributed by atoms with Gasteiger partial charge in [-0.05, 0) is 42.5 Å². The summed E-state index contributed by atoms with van der Waals surface area (Å²) >= 11 is 0. The van der Waals surface area contributed by atoms with E-state index in [4.69, 9.17) is 0 Å². The van der Waals surface area contributed by atoms with Crippen molar-refractivity contribution in [2.24, 2.45) is 0 Å². The van der Waals surface area contributed by atoms with Gasteiger partial charge < -0.3 is 4.90 Å². The van der Waals surface area contributed by atoms with Crippen LogP contribution in [0.5, 0.6) is 0 Å². The maximum atomic E-state index is 13.0. The van der Waals surface area contributed by atoms with Crippen LogP contribution in [0.1, 0.15) is 35.3 Å². The molecular weight excluding hydrogens is 314 g/mol. The monoisotopic (exact) mass is 331 g/mol. The molecule has 0 spiro atoms. The van der Waals surface area contributed by atoms with E-state index in [1.165, 1.54) is 11.1 Å². The number of aromatic nitrogens is 4. The summed E-state index contributed by atoms with van der Waals surface area (Å²) < 4.78 is 0. The fourth-order valence-corrected chi connectivity index (χ4v) is 4.00. The predicted molar refractivity (Wildman–Crippen MR) is 93.7 cm³/mol. The van der Waals surface area contributed by atoms with Gasteiger partial charge in [0.25, 0.3) is 5.91 Å². The second-order valence-electron chi connectivity index (χ2n) is 6.64. The number of nitrogens with zero attached hydrogens (tertiary/aromatic N) is 4. The van der Waals surface area contributed by atoms with Gasteiger partial charge in [-0.1, -0.05) is 36.4 Å². The number of H-pyrrole nitrogens is 1. The molecule has 2 aromatic heterocycles. The topological polar surface area (TPSA) is 74.8 Å². The molecule has 0 radical (unpaired) electrons. The van der Waals surface area contributed by atoms with Crippen LogP contribution in [0.3, 0.4) is 0 Å². The van der Waals surface area contributed by atoms with Crippen molar-refractivity contribution in [3.8, 4) is 0 Å². The highest BCUT2D eigenvalue weighted by atomic mass is 16.2. The number of carbonyl (C=O) groups excluding carboxylic acids is 1. The van der Waals surface area contributed by atoms with E-state index < -0.39 is 0 Å². The molecule has 0 saturated carbocycles. The lowest BCUT2D eigenvalue weighted by molar-refractivity contribution is 0.0686. The number of rotatable bonds is 2. The number of fused-ring (bicyclic) bond motifs is 3. The van der Waals surface area contributed by atoms with E-state index in [0.717, 1.165) is 19.3 Å². The zero-order valence-corrected chi connectivity index (χ0v) is 13.6. The first-order valence-electron chi connectivity index (χ1n) is 8.56. The van der Waals surface area contributed by atoms with Crippen LogP contribution in [-0.4, -0.2) is 43.3 Å². The Balaban J connectivity index is 1.47. The van der Waals surface area contributed by atoms with Crippen molar-refractivity contribution in [2.45, 2.75) is 31.3 Å². The van der Waals surface area contributed by atoms with Crippen molar-refractivity contribution >= 4 is 22.6 Å². The predicted octanol–water partition coefficient (Wildman–Crippen LogP) is 2.81. The largest absolute Gasteiger partial charge is 0.328 e. The minimum Gasteiger partial charge on any atom is -0.328 e. The minimum atomic E-state index is -0.0132. The van der Waals surface area contributed by atoms with E-state index in [1.54, 1.807) is 12.1 Å². The molecule has 2 aliphatic rings. The summed E-state index contributed by atoms with van der Waals surface area (Å²) in [5.74, 6) is -0.0132. The Labute approximate surface area is 144 Å². The Morgan fingerprint density at radius 2 is 1.96 bits per heavy atom. The van der Waals surface area contributed by atoms with Crippen molar-refractivity contribution in [2.75, 3.05) is 0 Å². The highest BCUT2D eigenvalue weighted by Crippen LogP contribution is 2.39. The van der Waals surface area contributed by atoms with E-state index >= 15 is 0 Å². The zero-order chi connectivity index (χ0) is 16.8. The highest BCUT2D eigenvalue weighted by Gasteiger charge is 2.40. The molecule has 1 saturated heterocycles. The summed E-state index contributed by atoms with van der Waals surface area (Å²) in [6.45, 7) is 0. The molecule has 5 rings (SSSR count). The lowest BCUT2D eigenvalue weighted by Crippen LogP contribution is -2.43. The van der Waals surface area contributed by atoms with Gasteiger partial charge in [-0.25, -0.2) is 4.98 Å². The van der Waals surface area contributed by atoms with Crippen LogP contribution < -0.4 is 0 Å². The minimum absolute atomic E-state index is 0.0132. The molecule has 6 nitrogen and oxygen atoms in total. The lowest BCUT2D eigenvalue weighted by atomic mass is 9.94. The third-order valence-corrected chi connectivity index (χ3v) is 5.17. The molecule has 124 valence electrons. The maximum Gasteiger partial charge on any atom is 0.273 e. The van der Waals surface area contributed by atoms with Crippen molar-refractivity contribution < 1.29 is 4.79 Å². The van der Waals surface area contributed by atoms with Crippen molar-refractivity contribution in [3.63, 3.8) is 0 Å². The number of hydrogen-bond acceptors (Lipinski definition) is 4. The van der Waals surface area contributed by atoms with Gasteiger partial charge in [0.2, 0.25) is 5.65 Å². The summed E-state index contributed by atoms with van der Waals surface area (Å²) in [6, 6.07) is 14.4. The number of hydrogen-bond donors (Lipinski definition) is 1. The fraction of sp³-hybridized carbons (Fsp3) is 0.263. The van der Waals surface area contributed by atoms with Crippen LogP contribution in [0.15, 0.2) is 48.5 Å². The number of nitrogens with one attached hydrogen (secondary N) is 1. The molecule has 1 aromatic carbocycles. The Kier molecular flexibility index (Phi) is 3.16. The van der Waals surface area contributed by atoms with E-state index in [1.807, 2.05) is 11.0 Å². The van der Waals surface area contributed by atoms with Gasteiger partial charge in [0.1, 0.15) is 11.2 Å². The SMILES string of the molecule is O=C(c1ccc2n[nH]nc2n1)N1C2C=C(c3ccccc3)CC1CC2. The fourth-order valence-electron chi connectivity index (χ4n) is 4.00. The van der Waals surface area contributed by atoms with Gasteiger partial charge in [0.05, 0.1) is 6.04 Å². The second-order valence-corrected chi connectivity index (χ2v) is 6.64. The van der Waals surface area contributed by atoms with Crippen molar-refractivity contribution in [1.29, 1.82) is 0 Å². The Morgan fingerprint density at radius 3 is 2.80 bits per heavy atom. The molecular formula is C19H17N5O. The second kappa shape index (κ2) is 5.51. The van der Waals surface area contributed by atoms with E-state index in [2.05, 4.69) is 50.7 Å². The lowest BCUT2D eigenvalue weighted by Gasteiger charge is -2.34. The first-order chi connectivity index (χ1) is 12.3. The average Bonchev–Trinajstić information content (AvgIpc) is 3.23. The normalized spacial score (nSPS) is 22.2. The first kappa shape index (κ1) is 14.3. The molecule has 1 N–H and O–H groups in total. The van der Waals surface area contributed by atoms with Gasteiger partial charge in [0, 0.05) is 6.04 Å². The number of benzene rings is 1. The van der Waals surface area contributed by atoms with Crippen LogP contribution in [0, 0.1) is 0 Å². The number of amides is 1. The molecule has 2 unspecified atom stereocenters. The van der Waals surface area contributed by atoms with Gasteiger partial charge in [-0.2, -0.15) is 10.3 Å². The van der Waals surface area contributed by atoms with Crippen LogP contribution >= 0.6 is 0 Å². The first-order valence-corrected chi connectivity index (χ1v) is 8.56. The Hall–Kier alpha value is -3.02. The van der Waals surface area contributed by atoms with Gasteiger partial charge >= 0.3 is 0 Å². The summed E-state index contributed by atoms with van der Waals surface area (Å²) in [5, 5.41) is 10.5. The van der Waals surface area contributed by atoms with Crippen LogP contribution in [0.4, 0.5) is 0 Å². The average molecular weight is 331 g/mol. The maximum absolute atomic E-state index is 13.0. The van der Waals surface area contributed by atoms with Crippen LogP contribution in [0.25, 0.3) is 16.7 Å². The highest BCUT2D eigenvalue weighted by molar-refractivity contribution is 5.95. The summed E-state index contributed by atoms with van der Waals surface area (Å²) in [4.78, 5) is 19.4. The molecule has 4 heterocycles. The van der Waals surface area contributed by atoms with E-state index in [9.17, 15) is 4.79 Å². The molecule has 2 aliphatic heterocycles. The number of aromatic amines is 1. The zero-order valence-electron chi connectivity index (χ0n) is 13.6. The van der Waals surface area contributed by atoms with E-state index in [-0.39, 0.29) is 18.0 Å². The third-order valence-electron chi connectivity index (χ3n) is 5.17. The van der Waals surface area contributed by atoms with Gasteiger partial charge in [-0.15, -0.1) is 5.10 Å². The quantitative estimate of drug-likeness (QED) is 0.783. The summed E-state index contributed by atoms with van der Waals surface area (Å²) in [6.07, 6.45) is 5.21. The molecule has 1 fully saturated rings. The summed E-state index contributed by atoms with van der Waals surface area (Å²) in [5.41, 5.74) is 4.20. The molecule has 2 bridgehead atoms. The third kappa shape index (κ3) is 2.33. The summed E-state index contributed by atoms with van der Waals surface area (Å²) in [7, 11) is 0. The Bertz CT molecular complexity index is 978. The van der Waals surface area contributed by atoms with Crippen molar-refractivity contribution in [3.05, 3.63) is 59.8 Å². The number of pyridine rings is 1. The van der Waals surface area contributed by atoms with Gasteiger partial charge in [-0.3, -0.25) is 4.79 Å². The van der Waals surface area contributed by atoms with Crippen LogP contribution in [0.2, 0.25) is 0 Å². The molecule has 0 aliphatic carbocycles. The molecule has 1 amide bonds. The van der Waals surface area contributed by atoms with Crippen LogP contribution in [-0.2, 0) is 0 Å². The van der Waals surface area contributed by atoms with E-state index in [0.29, 0.717) is 16.9 Å². The standard InChI is InChI=1S/C19H17N5O/c25-19(17-9-8-16-18(20-17)22-23-21-16)24-14-6-7-15(24)11-13(10-14)12-4-2-1-3-5-12/h1-5,8-10,14-15H,6-7,11H2,(H,20,21,22,23). The molecule has 25 heavy (non-hydrogen) atoms. The van der Waals surface area contributed by atoms with Crippen molar-refractivity contribution in [1.82, 2.24) is 25.3 Å². The molecule has 6 heteroatoms. The van der Waals surface area contributed by atoms with Gasteiger partial charge in [0.15, 0.2) is 0 Å². The smallest absolute Gasteiger partial charge is 0.273 e.